The van der Waals surface area contributed by atoms with Crippen molar-refractivity contribution in [2.75, 3.05) is 26.4 Å². The van der Waals surface area contributed by atoms with Gasteiger partial charge in [0.25, 0.3) is 12.6 Å². The van der Waals surface area contributed by atoms with Crippen LogP contribution in [0, 0.1) is 47.3 Å². The molecule has 0 amide bonds. The Balaban J connectivity index is 0.953. The largest absolute Gasteiger partial charge is 0.463 e. The molecule has 1 heterocycles. The van der Waals surface area contributed by atoms with E-state index in [2.05, 4.69) is 13.2 Å². The molecule has 10 heteroatoms. The van der Waals surface area contributed by atoms with Crippen molar-refractivity contribution in [1.29, 1.82) is 0 Å². The lowest BCUT2D eigenvalue weighted by atomic mass is 9.68. The second-order valence-electron chi connectivity index (χ2n) is 16.2. The van der Waals surface area contributed by atoms with Crippen molar-refractivity contribution < 1.29 is 47.6 Å². The van der Waals surface area contributed by atoms with Crippen LogP contribution in [0.2, 0.25) is 0 Å². The molecule has 0 N–H and O–H groups in total. The summed E-state index contributed by atoms with van der Waals surface area (Å²) in [5, 5.41) is 0. The van der Waals surface area contributed by atoms with E-state index < -0.39 is 12.6 Å². The second-order valence-corrected chi connectivity index (χ2v) is 16.2. The first-order valence-electron chi connectivity index (χ1n) is 20.6. The van der Waals surface area contributed by atoms with Crippen molar-refractivity contribution in [3.63, 3.8) is 0 Å². The zero-order valence-electron chi connectivity index (χ0n) is 31.4. The monoisotopic (exact) mass is 728 g/mol. The molecule has 1 aliphatic heterocycles. The van der Waals surface area contributed by atoms with Crippen LogP contribution in [0.4, 0.5) is 0 Å². The van der Waals surface area contributed by atoms with Crippen molar-refractivity contribution in [3.8, 4) is 0 Å². The SMILES string of the molecule is C=CC(=O)OCCC[C@H]1CC[C@H]([C@H]2CC[C@H](C(=O)O[C@@H]3OCCO[C@H]3OC(=O)[C@H]3CC[C@H]([C@H]4CC[C@H](CCCOC(=O)C=C)CC4)CC3)CC2)CC1. The van der Waals surface area contributed by atoms with E-state index in [0.29, 0.717) is 48.7 Å². The molecule has 292 valence electrons. The van der Waals surface area contributed by atoms with Gasteiger partial charge in [-0.1, -0.05) is 38.8 Å². The minimum Gasteiger partial charge on any atom is -0.463 e. The molecule has 2 atom stereocenters. The van der Waals surface area contributed by atoms with Crippen LogP contribution in [-0.2, 0) is 47.6 Å². The zero-order valence-corrected chi connectivity index (χ0v) is 31.4. The molecular weight excluding hydrogens is 664 g/mol. The Morgan fingerprint density at radius 3 is 1.15 bits per heavy atom. The number of hydrogen-bond donors (Lipinski definition) is 0. The Kier molecular flexibility index (Phi) is 16.5. The van der Waals surface area contributed by atoms with E-state index in [4.69, 9.17) is 28.4 Å². The third kappa shape index (κ3) is 12.4. The lowest BCUT2D eigenvalue weighted by Crippen LogP contribution is -2.46. The third-order valence-corrected chi connectivity index (χ3v) is 13.0. The van der Waals surface area contributed by atoms with Crippen molar-refractivity contribution in [2.24, 2.45) is 47.3 Å². The summed E-state index contributed by atoms with van der Waals surface area (Å²) in [5.41, 5.74) is 0. The van der Waals surface area contributed by atoms with Gasteiger partial charge >= 0.3 is 23.9 Å². The summed E-state index contributed by atoms with van der Waals surface area (Å²) >= 11 is 0. The Hall–Kier alpha value is -2.72. The maximum absolute atomic E-state index is 13.3. The van der Waals surface area contributed by atoms with Crippen LogP contribution in [-0.4, -0.2) is 62.9 Å². The molecule has 1 saturated heterocycles. The number of carbonyl (C=O) groups is 4. The van der Waals surface area contributed by atoms with E-state index in [9.17, 15) is 19.2 Å². The van der Waals surface area contributed by atoms with Gasteiger partial charge in [-0.05, 0) is 138 Å². The summed E-state index contributed by atoms with van der Waals surface area (Å²) in [6, 6.07) is 0. The van der Waals surface area contributed by atoms with Gasteiger partial charge in [0.1, 0.15) is 0 Å². The average Bonchev–Trinajstić information content (AvgIpc) is 3.19. The Labute approximate surface area is 311 Å². The minimum absolute atomic E-state index is 0.167. The van der Waals surface area contributed by atoms with Crippen molar-refractivity contribution in [1.82, 2.24) is 0 Å². The minimum atomic E-state index is -1.03. The zero-order chi connectivity index (χ0) is 36.7. The van der Waals surface area contributed by atoms with E-state index >= 15 is 0 Å². The van der Waals surface area contributed by atoms with E-state index in [1.165, 1.54) is 63.5 Å². The van der Waals surface area contributed by atoms with E-state index in [1.54, 1.807) is 0 Å². The van der Waals surface area contributed by atoms with Gasteiger partial charge in [0, 0.05) is 12.2 Å². The van der Waals surface area contributed by atoms with Crippen LogP contribution in [0.15, 0.2) is 25.3 Å². The number of ether oxygens (including phenoxy) is 6. The first-order valence-corrected chi connectivity index (χ1v) is 20.6. The van der Waals surface area contributed by atoms with Gasteiger partial charge in [0.2, 0.25) is 0 Å². The molecule has 5 aliphatic rings. The molecule has 52 heavy (non-hydrogen) atoms. The quantitative estimate of drug-likeness (QED) is 0.0668. The van der Waals surface area contributed by atoms with E-state index in [1.807, 2.05) is 0 Å². The Morgan fingerprint density at radius 2 is 0.827 bits per heavy atom. The van der Waals surface area contributed by atoms with Gasteiger partial charge in [-0.15, -0.1) is 0 Å². The maximum Gasteiger partial charge on any atom is 0.330 e. The number of esters is 4. The summed E-state index contributed by atoms with van der Waals surface area (Å²) in [7, 11) is 0. The van der Waals surface area contributed by atoms with Gasteiger partial charge in [0.05, 0.1) is 38.3 Å². The average molecular weight is 729 g/mol. The predicted octanol–water partition coefficient (Wildman–Crippen LogP) is 8.02. The number of rotatable bonds is 16. The molecule has 10 nitrogen and oxygen atoms in total. The number of carbonyl (C=O) groups excluding carboxylic acids is 4. The van der Waals surface area contributed by atoms with Gasteiger partial charge < -0.3 is 28.4 Å². The van der Waals surface area contributed by atoms with Crippen LogP contribution in [0.3, 0.4) is 0 Å². The predicted molar refractivity (Wildman–Crippen MR) is 194 cm³/mol. The third-order valence-electron chi connectivity index (χ3n) is 13.0. The Morgan fingerprint density at radius 1 is 0.500 bits per heavy atom. The van der Waals surface area contributed by atoms with E-state index in [-0.39, 0.29) is 48.9 Å². The van der Waals surface area contributed by atoms with E-state index in [0.717, 1.165) is 77.0 Å². The summed E-state index contributed by atoms with van der Waals surface area (Å²) < 4.78 is 33.4. The lowest BCUT2D eigenvalue weighted by molar-refractivity contribution is -0.305. The molecule has 5 rings (SSSR count). The van der Waals surface area contributed by atoms with Crippen LogP contribution in [0.25, 0.3) is 0 Å². The van der Waals surface area contributed by atoms with Gasteiger partial charge in [-0.25, -0.2) is 9.59 Å². The highest BCUT2D eigenvalue weighted by Gasteiger charge is 2.40. The molecule has 4 saturated carbocycles. The molecule has 0 aromatic carbocycles. The fraction of sp³-hybridized carbons (Fsp3) is 0.810. The van der Waals surface area contributed by atoms with Crippen LogP contribution < -0.4 is 0 Å². The van der Waals surface area contributed by atoms with Crippen molar-refractivity contribution in [3.05, 3.63) is 25.3 Å². The van der Waals surface area contributed by atoms with Crippen LogP contribution in [0.5, 0.6) is 0 Å². The highest BCUT2D eigenvalue weighted by molar-refractivity contribution is 5.81. The number of hydrogen-bond acceptors (Lipinski definition) is 10. The summed E-state index contributed by atoms with van der Waals surface area (Å²) in [6.07, 6.45) is 21.6. The Bertz CT molecular complexity index is 1060. The first kappa shape index (κ1) is 40.5. The maximum atomic E-state index is 13.3. The topological polar surface area (TPSA) is 124 Å². The molecule has 0 bridgehead atoms. The van der Waals surface area contributed by atoms with Gasteiger partial charge in [0.15, 0.2) is 0 Å². The summed E-state index contributed by atoms with van der Waals surface area (Å²) in [6.45, 7) is 8.39. The molecule has 0 spiro atoms. The van der Waals surface area contributed by atoms with Crippen LogP contribution in [0.1, 0.15) is 128 Å². The molecule has 0 radical (unpaired) electrons. The molecule has 5 fully saturated rings. The second kappa shape index (κ2) is 21.2. The summed E-state index contributed by atoms with van der Waals surface area (Å²) in [5.74, 6) is 2.57. The molecular formula is C42H64O10. The molecule has 0 aromatic rings. The smallest absolute Gasteiger partial charge is 0.330 e. The van der Waals surface area contributed by atoms with Gasteiger partial charge in [-0.3, -0.25) is 9.59 Å². The highest BCUT2D eigenvalue weighted by atomic mass is 16.8. The molecule has 0 aromatic heterocycles. The first-order chi connectivity index (χ1) is 25.3. The normalized spacial score (nSPS) is 33.9. The molecule has 4 aliphatic carbocycles. The van der Waals surface area contributed by atoms with Crippen molar-refractivity contribution in [2.45, 2.75) is 141 Å². The highest BCUT2D eigenvalue weighted by Crippen LogP contribution is 2.44. The fourth-order valence-corrected chi connectivity index (χ4v) is 9.84. The summed E-state index contributed by atoms with van der Waals surface area (Å²) in [4.78, 5) is 49.0. The van der Waals surface area contributed by atoms with Gasteiger partial charge in [-0.2, -0.15) is 0 Å². The van der Waals surface area contributed by atoms with Crippen LogP contribution >= 0.6 is 0 Å². The van der Waals surface area contributed by atoms with Crippen molar-refractivity contribution >= 4 is 23.9 Å². The lowest BCUT2D eigenvalue weighted by Gasteiger charge is -2.38. The standard InChI is InChI=1S/C42H64O10/c1-3-37(43)47-25-5-7-29-9-13-31(14-10-29)33-17-21-35(22-18-33)39(45)51-41-42(50-28-27-49-41)52-40(46)36-23-19-34(20-24-36)32-15-11-30(12-16-32)8-6-26-48-38(44)4-2/h3-4,29-36,41-42H,1-2,5-28H2/t29-,30-,31-,32-,33-,34-,35-,36-,41-,42-/m0/s1. The molecule has 0 unspecified atom stereocenters. The fourth-order valence-electron chi connectivity index (χ4n) is 9.84.